The number of rotatable bonds is 7. The Morgan fingerprint density at radius 2 is 1.82 bits per heavy atom. The Balaban J connectivity index is 1.44. The van der Waals surface area contributed by atoms with Crippen molar-refractivity contribution in [3.63, 3.8) is 0 Å². The van der Waals surface area contributed by atoms with E-state index in [-0.39, 0.29) is 5.91 Å². The van der Waals surface area contributed by atoms with Crippen LogP contribution in [0.2, 0.25) is 5.02 Å². The molecule has 7 heteroatoms. The zero-order valence-electron chi connectivity index (χ0n) is 18.7. The van der Waals surface area contributed by atoms with Crippen LogP contribution in [0.25, 0.3) is 21.3 Å². The zero-order valence-corrected chi connectivity index (χ0v) is 20.3. The monoisotopic (exact) mass is 486 g/mol. The summed E-state index contributed by atoms with van der Waals surface area (Å²) in [7, 11) is 0. The highest BCUT2D eigenvalue weighted by atomic mass is 35.5. The number of benzene rings is 3. The molecule has 0 bridgehead atoms. The Labute approximate surface area is 207 Å². The first-order chi connectivity index (χ1) is 16.6. The van der Waals surface area contributed by atoms with Gasteiger partial charge in [0.05, 0.1) is 16.5 Å². The van der Waals surface area contributed by atoms with Crippen LogP contribution in [0, 0.1) is 6.92 Å². The standard InChI is InChI=1S/C27H23ClN4OS/c1-19-16-23(28)17-24-25(19)30-27(34-24)32(14-5-13-31-15-12-29-18-31)26(33)22-10-8-21(9-11-22)20-6-3-2-4-7-20/h2-4,6-12,15-18H,5,13-14H2,1H3. The summed E-state index contributed by atoms with van der Waals surface area (Å²) in [4.78, 5) is 24.4. The maximum absolute atomic E-state index is 13.7. The average Bonchev–Trinajstić information content (AvgIpc) is 3.52. The lowest BCUT2D eigenvalue weighted by Crippen LogP contribution is -2.32. The SMILES string of the molecule is Cc1cc(Cl)cc2sc(N(CCCn3ccnc3)C(=O)c3ccc(-c4ccccc4)cc3)nc12. The van der Waals surface area contributed by atoms with E-state index in [9.17, 15) is 4.79 Å². The summed E-state index contributed by atoms with van der Waals surface area (Å²) in [5.41, 5.74) is 4.72. The summed E-state index contributed by atoms with van der Waals surface area (Å²) >= 11 is 7.76. The van der Waals surface area contributed by atoms with Crippen LogP contribution in [0.15, 0.2) is 85.5 Å². The molecule has 0 aliphatic heterocycles. The predicted molar refractivity (Wildman–Crippen MR) is 140 cm³/mol. The van der Waals surface area contributed by atoms with Gasteiger partial charge in [-0.15, -0.1) is 0 Å². The zero-order chi connectivity index (χ0) is 23.5. The molecule has 5 nitrogen and oxygen atoms in total. The van der Waals surface area contributed by atoms with E-state index < -0.39 is 0 Å². The normalized spacial score (nSPS) is 11.1. The van der Waals surface area contributed by atoms with Gasteiger partial charge in [-0.25, -0.2) is 9.97 Å². The molecule has 0 N–H and O–H groups in total. The highest BCUT2D eigenvalue weighted by Gasteiger charge is 2.22. The van der Waals surface area contributed by atoms with Crippen LogP contribution in [-0.2, 0) is 6.54 Å². The number of halogens is 1. The Kier molecular flexibility index (Phi) is 6.43. The molecule has 0 saturated heterocycles. The van der Waals surface area contributed by atoms with E-state index in [1.165, 1.54) is 11.3 Å². The van der Waals surface area contributed by atoms with Crippen LogP contribution in [-0.4, -0.2) is 27.0 Å². The topological polar surface area (TPSA) is 51.0 Å². The molecule has 0 aliphatic carbocycles. The molecule has 2 heterocycles. The third kappa shape index (κ3) is 4.74. The van der Waals surface area contributed by atoms with Crippen molar-refractivity contribution in [1.29, 1.82) is 0 Å². The maximum Gasteiger partial charge on any atom is 0.260 e. The van der Waals surface area contributed by atoms with Gasteiger partial charge in [-0.2, -0.15) is 0 Å². The first kappa shape index (κ1) is 22.3. The van der Waals surface area contributed by atoms with Gasteiger partial charge >= 0.3 is 0 Å². The number of carbonyl (C=O) groups excluding carboxylic acids is 1. The summed E-state index contributed by atoms with van der Waals surface area (Å²) < 4.78 is 2.99. The van der Waals surface area contributed by atoms with Crippen LogP contribution in [0.3, 0.4) is 0 Å². The maximum atomic E-state index is 13.7. The first-order valence-corrected chi connectivity index (χ1v) is 12.3. The molecular weight excluding hydrogens is 464 g/mol. The van der Waals surface area contributed by atoms with Gasteiger partial charge in [0.2, 0.25) is 0 Å². The van der Waals surface area contributed by atoms with E-state index in [1.54, 1.807) is 17.4 Å². The van der Waals surface area contributed by atoms with Crippen molar-refractivity contribution >= 4 is 44.2 Å². The number of imidazole rings is 1. The molecule has 5 rings (SSSR count). The van der Waals surface area contributed by atoms with E-state index in [0.717, 1.165) is 39.9 Å². The van der Waals surface area contributed by atoms with Gasteiger partial charge in [-0.05, 0) is 54.3 Å². The van der Waals surface area contributed by atoms with Gasteiger partial charge in [0.15, 0.2) is 5.13 Å². The van der Waals surface area contributed by atoms with Crippen LogP contribution in [0.4, 0.5) is 5.13 Å². The van der Waals surface area contributed by atoms with E-state index >= 15 is 0 Å². The molecule has 3 aromatic carbocycles. The number of aryl methyl sites for hydroxylation is 2. The number of fused-ring (bicyclic) bond motifs is 1. The van der Waals surface area contributed by atoms with E-state index in [2.05, 4.69) is 17.1 Å². The molecule has 0 radical (unpaired) electrons. The Morgan fingerprint density at radius 1 is 1.06 bits per heavy atom. The molecular formula is C27H23ClN4OS. The number of amides is 1. The minimum absolute atomic E-state index is 0.0620. The minimum atomic E-state index is -0.0620. The van der Waals surface area contributed by atoms with Crippen LogP contribution < -0.4 is 4.90 Å². The molecule has 5 aromatic rings. The van der Waals surface area contributed by atoms with Crippen LogP contribution in [0.1, 0.15) is 22.3 Å². The van der Waals surface area contributed by atoms with Gasteiger partial charge in [-0.1, -0.05) is 65.4 Å². The lowest BCUT2D eigenvalue weighted by molar-refractivity contribution is 0.0986. The fraction of sp³-hybridized carbons (Fsp3) is 0.148. The van der Waals surface area contributed by atoms with Crippen molar-refractivity contribution < 1.29 is 4.79 Å². The number of anilines is 1. The second kappa shape index (κ2) is 9.79. The summed E-state index contributed by atoms with van der Waals surface area (Å²) in [5.74, 6) is -0.0620. The van der Waals surface area contributed by atoms with Crippen molar-refractivity contribution in [1.82, 2.24) is 14.5 Å². The predicted octanol–water partition coefficient (Wildman–Crippen LogP) is 6.86. The van der Waals surface area contributed by atoms with Crippen molar-refractivity contribution in [2.24, 2.45) is 0 Å². The highest BCUT2D eigenvalue weighted by molar-refractivity contribution is 7.22. The summed E-state index contributed by atoms with van der Waals surface area (Å²) in [6, 6.07) is 21.7. The fourth-order valence-corrected chi connectivity index (χ4v) is 5.41. The average molecular weight is 487 g/mol. The molecule has 0 atom stereocenters. The molecule has 0 fully saturated rings. The molecule has 0 aliphatic rings. The molecule has 34 heavy (non-hydrogen) atoms. The van der Waals surface area contributed by atoms with E-state index in [0.29, 0.717) is 22.3 Å². The van der Waals surface area contributed by atoms with E-state index in [1.807, 2.05) is 72.3 Å². The fourth-order valence-electron chi connectivity index (χ4n) is 3.96. The molecule has 0 spiro atoms. The Bertz CT molecular complexity index is 1410. The molecule has 2 aromatic heterocycles. The summed E-state index contributed by atoms with van der Waals surface area (Å²) in [6.45, 7) is 3.31. The largest absolute Gasteiger partial charge is 0.337 e. The second-order valence-corrected chi connectivity index (χ2v) is 9.57. The van der Waals surface area contributed by atoms with Crippen molar-refractivity contribution in [2.75, 3.05) is 11.4 Å². The van der Waals surface area contributed by atoms with Gasteiger partial charge < -0.3 is 4.57 Å². The van der Waals surface area contributed by atoms with Crippen LogP contribution >= 0.6 is 22.9 Å². The van der Waals surface area contributed by atoms with Gasteiger partial charge in [-0.3, -0.25) is 9.69 Å². The van der Waals surface area contributed by atoms with Crippen molar-refractivity contribution in [2.45, 2.75) is 19.9 Å². The second-order valence-electron chi connectivity index (χ2n) is 8.12. The van der Waals surface area contributed by atoms with Crippen molar-refractivity contribution in [3.8, 4) is 11.1 Å². The quantitative estimate of drug-likeness (QED) is 0.252. The lowest BCUT2D eigenvalue weighted by atomic mass is 10.0. The molecule has 0 saturated carbocycles. The van der Waals surface area contributed by atoms with Gasteiger partial charge in [0, 0.05) is 36.1 Å². The number of thiazole rings is 1. The smallest absolute Gasteiger partial charge is 0.260 e. The summed E-state index contributed by atoms with van der Waals surface area (Å²) in [5, 5.41) is 1.36. The van der Waals surface area contributed by atoms with Gasteiger partial charge in [0.1, 0.15) is 0 Å². The number of hydrogen-bond acceptors (Lipinski definition) is 4. The Morgan fingerprint density at radius 3 is 2.56 bits per heavy atom. The third-order valence-electron chi connectivity index (χ3n) is 5.71. The minimum Gasteiger partial charge on any atom is -0.337 e. The molecule has 170 valence electrons. The number of carbonyl (C=O) groups is 1. The number of hydrogen-bond donors (Lipinski definition) is 0. The van der Waals surface area contributed by atoms with E-state index in [4.69, 9.17) is 16.6 Å². The summed E-state index contributed by atoms with van der Waals surface area (Å²) in [6.07, 6.45) is 6.26. The lowest BCUT2D eigenvalue weighted by Gasteiger charge is -2.20. The third-order valence-corrected chi connectivity index (χ3v) is 6.95. The number of nitrogens with zero attached hydrogens (tertiary/aromatic N) is 4. The van der Waals surface area contributed by atoms with Crippen molar-refractivity contribution in [3.05, 3.63) is 102 Å². The van der Waals surface area contributed by atoms with Crippen LogP contribution in [0.5, 0.6) is 0 Å². The molecule has 0 unspecified atom stereocenters. The molecule has 1 amide bonds. The highest BCUT2D eigenvalue weighted by Crippen LogP contribution is 2.34. The Hall–Kier alpha value is -3.48. The first-order valence-electron chi connectivity index (χ1n) is 11.1. The van der Waals surface area contributed by atoms with Gasteiger partial charge in [0.25, 0.3) is 5.91 Å². The number of aromatic nitrogens is 3.